The van der Waals surface area contributed by atoms with Crippen LogP contribution in [0, 0.1) is 0 Å². The molecule has 0 bridgehead atoms. The van der Waals surface area contributed by atoms with Crippen LogP contribution in [0.25, 0.3) is 0 Å². The molecule has 0 aromatic rings. The summed E-state index contributed by atoms with van der Waals surface area (Å²) in [6.07, 6.45) is 2.20. The Labute approximate surface area is 98.8 Å². The van der Waals surface area contributed by atoms with Gasteiger partial charge in [0.05, 0.1) is 0 Å². The number of hydrogen-bond donors (Lipinski definition) is 2. The molecule has 5 nitrogen and oxygen atoms in total. The molecule has 0 radical (unpaired) electrons. The Morgan fingerprint density at radius 3 is 2.62 bits per heavy atom. The zero-order valence-corrected chi connectivity index (χ0v) is 11.2. The summed E-state index contributed by atoms with van der Waals surface area (Å²) in [6, 6.07) is 0.294. The molecule has 1 aliphatic heterocycles. The second-order valence-corrected chi connectivity index (χ2v) is 6.17. The molecule has 0 saturated carbocycles. The molecule has 6 heteroatoms. The Bertz CT molecular complexity index is 297. The number of hydrogen-bond acceptors (Lipinski definition) is 3. The number of nitrogens with one attached hydrogen (secondary N) is 2. The van der Waals surface area contributed by atoms with Gasteiger partial charge in [-0.1, -0.05) is 6.92 Å². The monoisotopic (exact) mass is 249 g/mol. The average molecular weight is 249 g/mol. The van der Waals surface area contributed by atoms with Crippen molar-refractivity contribution in [2.75, 3.05) is 19.6 Å². The maximum atomic E-state index is 11.9. The molecule has 0 aromatic heterocycles. The first-order valence-corrected chi connectivity index (χ1v) is 7.41. The van der Waals surface area contributed by atoms with Gasteiger partial charge in [0, 0.05) is 25.2 Å². The Morgan fingerprint density at radius 1 is 1.50 bits per heavy atom. The van der Waals surface area contributed by atoms with Crippen molar-refractivity contribution in [3.05, 3.63) is 0 Å². The molecule has 96 valence electrons. The van der Waals surface area contributed by atoms with E-state index in [2.05, 4.69) is 10.0 Å². The molecule has 0 aromatic carbocycles. The molecule has 1 rings (SSSR count). The summed E-state index contributed by atoms with van der Waals surface area (Å²) in [7, 11) is -3.32. The standard InChI is InChI=1S/C10H23N3O2S/c1-4-12-16(14,15)13(9(2)3)8-10-6-5-7-11-10/h9-12H,4-8H2,1-3H3. The highest BCUT2D eigenvalue weighted by molar-refractivity contribution is 7.87. The third-order valence-electron chi connectivity index (χ3n) is 2.77. The molecule has 1 heterocycles. The van der Waals surface area contributed by atoms with E-state index in [1.54, 1.807) is 11.2 Å². The summed E-state index contributed by atoms with van der Waals surface area (Å²) in [5.41, 5.74) is 0. The van der Waals surface area contributed by atoms with E-state index in [1.165, 1.54) is 0 Å². The van der Waals surface area contributed by atoms with Crippen LogP contribution in [0.2, 0.25) is 0 Å². The van der Waals surface area contributed by atoms with E-state index in [-0.39, 0.29) is 6.04 Å². The van der Waals surface area contributed by atoms with Gasteiger partial charge in [0.2, 0.25) is 0 Å². The third-order valence-corrected chi connectivity index (χ3v) is 4.62. The van der Waals surface area contributed by atoms with Crippen LogP contribution in [-0.4, -0.2) is 44.4 Å². The van der Waals surface area contributed by atoms with E-state index in [1.807, 2.05) is 13.8 Å². The Kier molecular flexibility index (Phi) is 5.17. The van der Waals surface area contributed by atoms with E-state index in [9.17, 15) is 8.42 Å². The smallest absolute Gasteiger partial charge is 0.279 e. The fraction of sp³-hybridized carbons (Fsp3) is 1.00. The van der Waals surface area contributed by atoms with Crippen LogP contribution in [0.1, 0.15) is 33.6 Å². The zero-order valence-electron chi connectivity index (χ0n) is 10.4. The normalized spacial score (nSPS) is 22.2. The lowest BCUT2D eigenvalue weighted by Gasteiger charge is -2.28. The highest BCUT2D eigenvalue weighted by Crippen LogP contribution is 2.12. The lowest BCUT2D eigenvalue weighted by molar-refractivity contribution is 0.318. The van der Waals surface area contributed by atoms with Crippen molar-refractivity contribution < 1.29 is 8.42 Å². The summed E-state index contributed by atoms with van der Waals surface area (Å²) >= 11 is 0. The van der Waals surface area contributed by atoms with Gasteiger partial charge in [0.1, 0.15) is 0 Å². The van der Waals surface area contributed by atoms with Crippen molar-refractivity contribution in [2.45, 2.75) is 45.7 Å². The Balaban J connectivity index is 2.66. The van der Waals surface area contributed by atoms with Gasteiger partial charge >= 0.3 is 0 Å². The van der Waals surface area contributed by atoms with Gasteiger partial charge in [-0.05, 0) is 33.2 Å². The molecule has 1 atom stereocenters. The maximum absolute atomic E-state index is 11.9. The SMILES string of the molecule is CCNS(=O)(=O)N(CC1CCCN1)C(C)C. The second-order valence-electron chi connectivity index (χ2n) is 4.46. The third kappa shape index (κ3) is 3.69. The molecule has 1 fully saturated rings. The van der Waals surface area contributed by atoms with Crippen molar-refractivity contribution >= 4 is 10.2 Å². The van der Waals surface area contributed by atoms with Gasteiger partial charge < -0.3 is 5.32 Å². The summed E-state index contributed by atoms with van der Waals surface area (Å²) in [5.74, 6) is 0. The molecular formula is C10H23N3O2S. The van der Waals surface area contributed by atoms with Crippen LogP contribution in [0.5, 0.6) is 0 Å². The van der Waals surface area contributed by atoms with E-state index in [0.717, 1.165) is 19.4 Å². The molecule has 1 aliphatic rings. The predicted octanol–water partition coefficient (Wildman–Crippen LogP) is 0.303. The molecule has 16 heavy (non-hydrogen) atoms. The highest BCUT2D eigenvalue weighted by atomic mass is 32.2. The minimum Gasteiger partial charge on any atom is -0.313 e. The fourth-order valence-corrected chi connectivity index (χ4v) is 3.44. The van der Waals surface area contributed by atoms with Crippen LogP contribution in [0.3, 0.4) is 0 Å². The lowest BCUT2D eigenvalue weighted by atomic mass is 10.2. The molecule has 1 saturated heterocycles. The first-order valence-electron chi connectivity index (χ1n) is 5.97. The van der Waals surface area contributed by atoms with E-state index >= 15 is 0 Å². The van der Waals surface area contributed by atoms with E-state index in [4.69, 9.17) is 0 Å². The van der Waals surface area contributed by atoms with Crippen molar-refractivity contribution in [1.29, 1.82) is 0 Å². The number of nitrogens with zero attached hydrogens (tertiary/aromatic N) is 1. The van der Waals surface area contributed by atoms with Gasteiger partial charge in [-0.3, -0.25) is 0 Å². The summed E-state index contributed by atoms with van der Waals surface area (Å²) in [5, 5.41) is 3.32. The lowest BCUT2D eigenvalue weighted by Crippen LogP contribution is -2.49. The molecule has 0 amide bonds. The topological polar surface area (TPSA) is 61.4 Å². The van der Waals surface area contributed by atoms with Crippen molar-refractivity contribution in [2.24, 2.45) is 0 Å². The number of rotatable bonds is 6. The zero-order chi connectivity index (χ0) is 12.2. The van der Waals surface area contributed by atoms with Gasteiger partial charge in [-0.2, -0.15) is 12.7 Å². The quantitative estimate of drug-likeness (QED) is 0.712. The molecular weight excluding hydrogens is 226 g/mol. The molecule has 0 spiro atoms. The summed E-state index contributed by atoms with van der Waals surface area (Å²) in [4.78, 5) is 0. The van der Waals surface area contributed by atoms with Gasteiger partial charge in [0.15, 0.2) is 0 Å². The summed E-state index contributed by atoms with van der Waals surface area (Å²) < 4.78 is 28.0. The fourth-order valence-electron chi connectivity index (χ4n) is 1.98. The average Bonchev–Trinajstić information content (AvgIpc) is 2.65. The first kappa shape index (κ1) is 13.9. The van der Waals surface area contributed by atoms with Gasteiger partial charge in [-0.25, -0.2) is 4.72 Å². The van der Waals surface area contributed by atoms with E-state index in [0.29, 0.717) is 19.1 Å². The van der Waals surface area contributed by atoms with Crippen molar-refractivity contribution in [1.82, 2.24) is 14.3 Å². The van der Waals surface area contributed by atoms with Gasteiger partial charge in [0.25, 0.3) is 10.2 Å². The Hall–Kier alpha value is -0.170. The Morgan fingerprint density at radius 2 is 2.19 bits per heavy atom. The molecule has 1 unspecified atom stereocenters. The van der Waals surface area contributed by atoms with Gasteiger partial charge in [-0.15, -0.1) is 0 Å². The summed E-state index contributed by atoms with van der Waals surface area (Å²) in [6.45, 7) is 7.60. The van der Waals surface area contributed by atoms with Crippen LogP contribution < -0.4 is 10.0 Å². The maximum Gasteiger partial charge on any atom is 0.279 e. The second kappa shape index (κ2) is 5.95. The largest absolute Gasteiger partial charge is 0.313 e. The molecule has 0 aliphatic carbocycles. The van der Waals surface area contributed by atoms with Crippen LogP contribution in [-0.2, 0) is 10.2 Å². The van der Waals surface area contributed by atoms with E-state index < -0.39 is 10.2 Å². The minimum atomic E-state index is -3.32. The molecule has 2 N–H and O–H groups in total. The first-order chi connectivity index (χ1) is 7.47. The van der Waals surface area contributed by atoms with Crippen molar-refractivity contribution in [3.63, 3.8) is 0 Å². The highest BCUT2D eigenvalue weighted by Gasteiger charge is 2.28. The van der Waals surface area contributed by atoms with Crippen molar-refractivity contribution in [3.8, 4) is 0 Å². The predicted molar refractivity (Wildman–Crippen MR) is 65.5 cm³/mol. The van der Waals surface area contributed by atoms with Crippen LogP contribution in [0.4, 0.5) is 0 Å². The van der Waals surface area contributed by atoms with Crippen LogP contribution >= 0.6 is 0 Å². The van der Waals surface area contributed by atoms with Crippen LogP contribution in [0.15, 0.2) is 0 Å². The minimum absolute atomic E-state index is 0.00792.